The Balaban J connectivity index is 1.25. The molecule has 5 rings (SSSR count). The Morgan fingerprint density at radius 1 is 0.911 bits per heavy atom. The van der Waals surface area contributed by atoms with Crippen molar-refractivity contribution in [2.24, 2.45) is 0 Å². The van der Waals surface area contributed by atoms with E-state index in [-0.39, 0.29) is 23.9 Å². The van der Waals surface area contributed by atoms with Crippen molar-refractivity contribution in [3.8, 4) is 11.1 Å². The van der Waals surface area contributed by atoms with Crippen molar-refractivity contribution >= 4 is 23.2 Å². The van der Waals surface area contributed by atoms with Crippen molar-refractivity contribution in [3.05, 3.63) is 120 Å². The molecule has 234 valence electrons. The van der Waals surface area contributed by atoms with E-state index in [0.29, 0.717) is 28.9 Å². The maximum absolute atomic E-state index is 13.3. The summed E-state index contributed by atoms with van der Waals surface area (Å²) in [7, 11) is 2.04. The Bertz CT molecular complexity index is 1590. The fraction of sp³-hybridized carbons (Fsp3) is 0.278. The molecule has 0 bridgehead atoms. The first-order valence-corrected chi connectivity index (χ1v) is 15.1. The summed E-state index contributed by atoms with van der Waals surface area (Å²) in [6.07, 6.45) is -2.65. The lowest BCUT2D eigenvalue weighted by Gasteiger charge is -2.30. The number of alkyl halides is 3. The minimum atomic E-state index is -4.43. The number of amides is 2. The number of nitrogens with one attached hydrogen (secondary N) is 2. The molecule has 4 aromatic rings. The third-order valence-electron chi connectivity index (χ3n) is 8.25. The molecule has 1 aliphatic heterocycles. The number of rotatable bonds is 10. The Morgan fingerprint density at radius 2 is 1.58 bits per heavy atom. The highest BCUT2D eigenvalue weighted by Gasteiger charge is 2.35. The molecule has 1 heterocycles. The van der Waals surface area contributed by atoms with E-state index in [2.05, 4.69) is 20.4 Å². The molecule has 9 heteroatoms. The zero-order valence-electron chi connectivity index (χ0n) is 25.4. The van der Waals surface area contributed by atoms with Gasteiger partial charge in [-0.05, 0) is 72.0 Å². The van der Waals surface area contributed by atoms with E-state index in [1.165, 1.54) is 12.1 Å². The fourth-order valence-corrected chi connectivity index (χ4v) is 5.79. The zero-order chi connectivity index (χ0) is 32.0. The summed E-state index contributed by atoms with van der Waals surface area (Å²) < 4.78 is 39.1. The second-order valence-corrected chi connectivity index (χ2v) is 11.3. The molecule has 0 aliphatic carbocycles. The highest BCUT2D eigenvalue weighted by atomic mass is 19.4. The van der Waals surface area contributed by atoms with E-state index in [0.717, 1.165) is 49.3 Å². The topological polar surface area (TPSA) is 64.7 Å². The van der Waals surface area contributed by atoms with Gasteiger partial charge in [0.15, 0.2) is 0 Å². The van der Waals surface area contributed by atoms with Crippen LogP contribution in [0.2, 0.25) is 0 Å². The summed E-state index contributed by atoms with van der Waals surface area (Å²) in [6, 6.07) is 28.9. The van der Waals surface area contributed by atoms with E-state index in [1.54, 1.807) is 24.3 Å². The third-order valence-corrected chi connectivity index (χ3v) is 8.25. The van der Waals surface area contributed by atoms with Gasteiger partial charge in [-0.1, -0.05) is 67.6 Å². The number of benzene rings is 4. The smallest absolute Gasteiger partial charge is 0.370 e. The van der Waals surface area contributed by atoms with E-state index in [1.807, 2.05) is 68.6 Å². The number of hydrogen-bond acceptors (Lipinski definition) is 4. The van der Waals surface area contributed by atoms with Crippen LogP contribution in [-0.4, -0.2) is 49.4 Å². The van der Waals surface area contributed by atoms with Crippen LogP contribution in [0.4, 0.5) is 24.5 Å². The first-order valence-electron chi connectivity index (χ1n) is 15.1. The number of likely N-dealkylation sites (N-methyl/N-ethyl adjacent to an activating group) is 1. The molecule has 2 N–H and O–H groups in total. The zero-order valence-corrected chi connectivity index (χ0v) is 25.4. The van der Waals surface area contributed by atoms with Crippen molar-refractivity contribution < 1.29 is 22.8 Å². The SMILES string of the molecule is CCCNC(=O)C(c1ccccc1)N1CCC(N(C)c2ccc(NC(=O)c3ccccc3-c3ccc(C(F)(F)F)cc3)cc2)C1. The Kier molecular flexibility index (Phi) is 9.88. The molecule has 6 nitrogen and oxygen atoms in total. The van der Waals surface area contributed by atoms with E-state index in [4.69, 9.17) is 0 Å². The standard InChI is InChI=1S/C36H37F3N4O2/c1-3-22-40-35(45)33(26-9-5-4-6-10-26)43-23-21-30(24-43)42(2)29-19-17-28(18-20-29)41-34(44)32-12-8-7-11-31(32)25-13-15-27(16-14-25)36(37,38)39/h4-20,30,33H,3,21-24H2,1-2H3,(H,40,45)(H,41,44). The van der Waals surface area contributed by atoms with Crippen LogP contribution in [0.1, 0.15) is 47.3 Å². The van der Waals surface area contributed by atoms with Gasteiger partial charge in [-0.3, -0.25) is 14.5 Å². The fourth-order valence-electron chi connectivity index (χ4n) is 5.79. The average molecular weight is 615 g/mol. The number of anilines is 2. The van der Waals surface area contributed by atoms with Gasteiger partial charge in [-0.2, -0.15) is 13.2 Å². The van der Waals surface area contributed by atoms with E-state index >= 15 is 0 Å². The number of nitrogens with zero attached hydrogens (tertiary/aromatic N) is 2. The first-order chi connectivity index (χ1) is 21.7. The first kappa shape index (κ1) is 31.8. The van der Waals surface area contributed by atoms with Gasteiger partial charge >= 0.3 is 6.18 Å². The molecule has 0 radical (unpaired) electrons. The minimum absolute atomic E-state index is 0.0198. The Labute approximate surface area is 261 Å². The second kappa shape index (κ2) is 14.0. The quantitative estimate of drug-likeness (QED) is 0.195. The highest BCUT2D eigenvalue weighted by Crippen LogP contribution is 2.33. The summed E-state index contributed by atoms with van der Waals surface area (Å²) in [5, 5.41) is 5.99. The van der Waals surface area contributed by atoms with Gasteiger partial charge in [-0.15, -0.1) is 0 Å². The third kappa shape index (κ3) is 7.54. The highest BCUT2D eigenvalue weighted by molar-refractivity contribution is 6.08. The van der Waals surface area contributed by atoms with Crippen molar-refractivity contribution in [1.29, 1.82) is 0 Å². The van der Waals surface area contributed by atoms with Gasteiger partial charge in [0.25, 0.3) is 5.91 Å². The van der Waals surface area contributed by atoms with Crippen molar-refractivity contribution in [2.75, 3.05) is 36.9 Å². The second-order valence-electron chi connectivity index (χ2n) is 11.3. The molecule has 1 saturated heterocycles. The molecule has 2 unspecified atom stereocenters. The van der Waals surface area contributed by atoms with Crippen LogP contribution < -0.4 is 15.5 Å². The van der Waals surface area contributed by atoms with Gasteiger partial charge in [-0.25, -0.2) is 0 Å². The van der Waals surface area contributed by atoms with Crippen LogP contribution in [0.3, 0.4) is 0 Å². The number of halogens is 3. The van der Waals surface area contributed by atoms with E-state index in [9.17, 15) is 22.8 Å². The van der Waals surface area contributed by atoms with Crippen molar-refractivity contribution in [1.82, 2.24) is 10.2 Å². The van der Waals surface area contributed by atoms with Crippen molar-refractivity contribution in [2.45, 2.75) is 38.0 Å². The normalized spacial score (nSPS) is 15.8. The van der Waals surface area contributed by atoms with Gasteiger partial charge in [0.2, 0.25) is 5.91 Å². The maximum atomic E-state index is 13.3. The molecular formula is C36H37F3N4O2. The maximum Gasteiger partial charge on any atom is 0.416 e. The Morgan fingerprint density at radius 3 is 2.24 bits per heavy atom. The number of likely N-dealkylation sites (tertiary alicyclic amines) is 1. The lowest BCUT2D eigenvalue weighted by atomic mass is 9.98. The summed E-state index contributed by atoms with van der Waals surface area (Å²) in [5.74, 6) is -0.335. The Hall–Kier alpha value is -4.63. The molecule has 1 aliphatic rings. The number of carbonyl (C=O) groups is 2. The minimum Gasteiger partial charge on any atom is -0.370 e. The summed E-state index contributed by atoms with van der Waals surface area (Å²) in [4.78, 5) is 30.9. The molecule has 2 atom stereocenters. The molecule has 2 amide bonds. The van der Waals surface area contributed by atoms with E-state index < -0.39 is 11.7 Å². The van der Waals surface area contributed by atoms with Crippen LogP contribution >= 0.6 is 0 Å². The summed E-state index contributed by atoms with van der Waals surface area (Å²) in [5.41, 5.74) is 3.25. The predicted molar refractivity (Wildman–Crippen MR) is 172 cm³/mol. The van der Waals surface area contributed by atoms with Crippen molar-refractivity contribution in [3.63, 3.8) is 0 Å². The molecular weight excluding hydrogens is 577 g/mol. The van der Waals surface area contributed by atoms with Gasteiger partial charge in [0, 0.05) is 49.7 Å². The number of hydrogen-bond donors (Lipinski definition) is 2. The van der Waals surface area contributed by atoms with Gasteiger partial charge in [0.05, 0.1) is 5.56 Å². The van der Waals surface area contributed by atoms with Crippen LogP contribution in [0.25, 0.3) is 11.1 Å². The lowest BCUT2D eigenvalue weighted by molar-refractivity contribution is -0.137. The molecule has 45 heavy (non-hydrogen) atoms. The molecule has 0 aromatic heterocycles. The number of carbonyl (C=O) groups excluding carboxylic acids is 2. The summed E-state index contributed by atoms with van der Waals surface area (Å²) >= 11 is 0. The largest absolute Gasteiger partial charge is 0.416 e. The van der Waals surface area contributed by atoms with Crippen LogP contribution in [0.15, 0.2) is 103 Å². The van der Waals surface area contributed by atoms with Crippen LogP contribution in [0, 0.1) is 0 Å². The average Bonchev–Trinajstić information content (AvgIpc) is 3.53. The monoisotopic (exact) mass is 614 g/mol. The molecule has 1 fully saturated rings. The predicted octanol–water partition coefficient (Wildman–Crippen LogP) is 7.40. The molecule has 4 aromatic carbocycles. The molecule has 0 spiro atoms. The summed E-state index contributed by atoms with van der Waals surface area (Å²) in [6.45, 7) is 4.20. The molecule has 0 saturated carbocycles. The van der Waals surface area contributed by atoms with Gasteiger partial charge < -0.3 is 15.5 Å². The lowest BCUT2D eigenvalue weighted by Crippen LogP contribution is -2.42. The van der Waals surface area contributed by atoms with Crippen LogP contribution in [-0.2, 0) is 11.0 Å². The van der Waals surface area contributed by atoms with Gasteiger partial charge in [0.1, 0.15) is 6.04 Å². The van der Waals surface area contributed by atoms with Crippen LogP contribution in [0.5, 0.6) is 0 Å².